The Morgan fingerprint density at radius 2 is 2.24 bits per heavy atom. The normalized spacial score (nSPS) is 14.3. The van der Waals surface area contributed by atoms with Gasteiger partial charge in [0.25, 0.3) is 0 Å². The Bertz CT molecular complexity index is 390. The highest BCUT2D eigenvalue weighted by atomic mass is 16.5. The lowest BCUT2D eigenvalue weighted by molar-refractivity contribution is -0.142. The molecule has 0 spiro atoms. The maximum Gasteiger partial charge on any atom is 0.307 e. The van der Waals surface area contributed by atoms with E-state index < -0.39 is 0 Å². The zero-order valence-corrected chi connectivity index (χ0v) is 10.3. The fourth-order valence-corrected chi connectivity index (χ4v) is 2.30. The quantitative estimate of drug-likeness (QED) is 0.748. The average molecular weight is 233 g/mol. The third-order valence-corrected chi connectivity index (χ3v) is 3.10. The molecular formula is C14H19NO2. The Kier molecular flexibility index (Phi) is 4.02. The number of hydrogen-bond acceptors (Lipinski definition) is 3. The van der Waals surface area contributed by atoms with E-state index in [1.165, 1.54) is 17.7 Å². The van der Waals surface area contributed by atoms with Crippen LogP contribution >= 0.6 is 0 Å². The first-order valence-electron chi connectivity index (χ1n) is 6.29. The van der Waals surface area contributed by atoms with Gasteiger partial charge in [-0.05, 0) is 31.4 Å². The Balaban J connectivity index is 1.97. The van der Waals surface area contributed by atoms with E-state index in [2.05, 4.69) is 29.2 Å². The lowest BCUT2D eigenvalue weighted by atomic mass is 10.0. The Hall–Kier alpha value is -1.51. The summed E-state index contributed by atoms with van der Waals surface area (Å²) in [7, 11) is 0. The number of hydrogen-bond donors (Lipinski definition) is 0. The fourth-order valence-electron chi connectivity index (χ4n) is 2.30. The van der Waals surface area contributed by atoms with E-state index >= 15 is 0 Å². The molecule has 0 atom stereocenters. The molecule has 17 heavy (non-hydrogen) atoms. The summed E-state index contributed by atoms with van der Waals surface area (Å²) in [6, 6.07) is 8.45. The average Bonchev–Trinajstić information content (AvgIpc) is 2.36. The maximum atomic E-state index is 11.3. The first kappa shape index (κ1) is 12.0. The number of nitrogens with zero attached hydrogens (tertiary/aromatic N) is 1. The van der Waals surface area contributed by atoms with Crippen molar-refractivity contribution < 1.29 is 9.53 Å². The fraction of sp³-hybridized carbons (Fsp3) is 0.500. The van der Waals surface area contributed by atoms with Crippen molar-refractivity contribution in [3.8, 4) is 0 Å². The molecule has 0 N–H and O–H groups in total. The van der Waals surface area contributed by atoms with E-state index in [9.17, 15) is 4.79 Å². The number of aryl methyl sites for hydroxylation is 1. The van der Waals surface area contributed by atoms with Crippen LogP contribution in [-0.2, 0) is 16.0 Å². The van der Waals surface area contributed by atoms with Gasteiger partial charge >= 0.3 is 5.97 Å². The summed E-state index contributed by atoms with van der Waals surface area (Å²) < 4.78 is 4.96. The van der Waals surface area contributed by atoms with Gasteiger partial charge in [-0.15, -0.1) is 0 Å². The molecule has 0 bridgehead atoms. The smallest absolute Gasteiger partial charge is 0.307 e. The van der Waals surface area contributed by atoms with E-state index in [1.807, 2.05) is 6.92 Å². The van der Waals surface area contributed by atoms with Gasteiger partial charge in [-0.2, -0.15) is 0 Å². The minimum absolute atomic E-state index is 0.101. The highest BCUT2D eigenvalue weighted by molar-refractivity contribution is 5.70. The molecule has 0 saturated carbocycles. The van der Waals surface area contributed by atoms with Crippen LogP contribution in [-0.4, -0.2) is 25.7 Å². The van der Waals surface area contributed by atoms with Crippen LogP contribution in [0.3, 0.4) is 0 Å². The molecule has 1 aliphatic heterocycles. The maximum absolute atomic E-state index is 11.3. The van der Waals surface area contributed by atoms with Gasteiger partial charge in [0.2, 0.25) is 0 Å². The van der Waals surface area contributed by atoms with Gasteiger partial charge in [0.1, 0.15) is 0 Å². The lowest BCUT2D eigenvalue weighted by Gasteiger charge is -2.30. The van der Waals surface area contributed by atoms with Gasteiger partial charge in [-0.1, -0.05) is 18.2 Å². The van der Waals surface area contributed by atoms with Gasteiger partial charge in [0.05, 0.1) is 13.0 Å². The summed E-state index contributed by atoms with van der Waals surface area (Å²) in [6.45, 7) is 4.11. The summed E-state index contributed by atoms with van der Waals surface area (Å²) in [5, 5.41) is 0. The number of para-hydroxylation sites is 1. The number of benzene rings is 1. The summed E-state index contributed by atoms with van der Waals surface area (Å²) in [6.07, 6.45) is 2.79. The molecule has 0 radical (unpaired) electrons. The van der Waals surface area contributed by atoms with Crippen LogP contribution in [0, 0.1) is 0 Å². The van der Waals surface area contributed by atoms with Crippen LogP contribution in [0.25, 0.3) is 0 Å². The summed E-state index contributed by atoms with van der Waals surface area (Å²) in [4.78, 5) is 13.6. The highest BCUT2D eigenvalue weighted by Gasteiger charge is 2.16. The van der Waals surface area contributed by atoms with E-state index in [0.717, 1.165) is 19.5 Å². The highest BCUT2D eigenvalue weighted by Crippen LogP contribution is 2.26. The lowest BCUT2D eigenvalue weighted by Crippen LogP contribution is -2.31. The Morgan fingerprint density at radius 1 is 1.41 bits per heavy atom. The first-order chi connectivity index (χ1) is 8.31. The number of ether oxygens (including phenoxy) is 1. The predicted molar refractivity (Wildman–Crippen MR) is 68.2 cm³/mol. The van der Waals surface area contributed by atoms with Crippen molar-refractivity contribution in [2.24, 2.45) is 0 Å². The van der Waals surface area contributed by atoms with Gasteiger partial charge in [0, 0.05) is 18.8 Å². The molecule has 1 aliphatic rings. The second-order valence-corrected chi connectivity index (χ2v) is 4.27. The molecule has 2 rings (SSSR count). The molecule has 3 heteroatoms. The van der Waals surface area contributed by atoms with Crippen LogP contribution < -0.4 is 4.90 Å². The number of fused-ring (bicyclic) bond motifs is 1. The zero-order chi connectivity index (χ0) is 12.1. The summed E-state index contributed by atoms with van der Waals surface area (Å²) in [5.74, 6) is -0.101. The molecule has 0 amide bonds. The number of carbonyl (C=O) groups excluding carboxylic acids is 1. The second-order valence-electron chi connectivity index (χ2n) is 4.27. The van der Waals surface area contributed by atoms with Crippen molar-refractivity contribution in [3.63, 3.8) is 0 Å². The van der Waals surface area contributed by atoms with Gasteiger partial charge in [0.15, 0.2) is 0 Å². The largest absolute Gasteiger partial charge is 0.466 e. The van der Waals surface area contributed by atoms with Gasteiger partial charge < -0.3 is 9.64 Å². The SMILES string of the molecule is CCOC(=O)CCN1CCCc2ccccc21. The summed E-state index contributed by atoms with van der Waals surface area (Å²) >= 11 is 0. The van der Waals surface area contributed by atoms with Crippen molar-refractivity contribution in [2.75, 3.05) is 24.6 Å². The molecule has 92 valence electrons. The monoisotopic (exact) mass is 233 g/mol. The third-order valence-electron chi connectivity index (χ3n) is 3.10. The number of anilines is 1. The number of carbonyl (C=O) groups is 1. The predicted octanol–water partition coefficient (Wildman–Crippen LogP) is 2.39. The van der Waals surface area contributed by atoms with Crippen molar-refractivity contribution in [1.82, 2.24) is 0 Å². The van der Waals surface area contributed by atoms with Crippen molar-refractivity contribution >= 4 is 11.7 Å². The molecule has 3 nitrogen and oxygen atoms in total. The van der Waals surface area contributed by atoms with E-state index in [-0.39, 0.29) is 5.97 Å². The third kappa shape index (κ3) is 2.99. The molecule has 1 aromatic rings. The zero-order valence-electron chi connectivity index (χ0n) is 10.3. The molecule has 0 unspecified atom stereocenters. The van der Waals surface area contributed by atoms with E-state index in [0.29, 0.717) is 13.0 Å². The minimum atomic E-state index is -0.101. The van der Waals surface area contributed by atoms with Crippen LogP contribution in [0.2, 0.25) is 0 Å². The van der Waals surface area contributed by atoms with Gasteiger partial charge in [-0.25, -0.2) is 0 Å². The topological polar surface area (TPSA) is 29.5 Å². The minimum Gasteiger partial charge on any atom is -0.466 e. The standard InChI is InChI=1S/C14H19NO2/c1-2-17-14(16)9-11-15-10-5-7-12-6-3-4-8-13(12)15/h3-4,6,8H,2,5,7,9-11H2,1H3. The molecular weight excluding hydrogens is 214 g/mol. The van der Waals surface area contributed by atoms with Crippen molar-refractivity contribution in [2.45, 2.75) is 26.2 Å². The van der Waals surface area contributed by atoms with Crippen molar-refractivity contribution in [1.29, 1.82) is 0 Å². The van der Waals surface area contributed by atoms with Gasteiger partial charge in [-0.3, -0.25) is 4.79 Å². The number of esters is 1. The van der Waals surface area contributed by atoms with Crippen LogP contribution in [0.15, 0.2) is 24.3 Å². The van der Waals surface area contributed by atoms with Crippen LogP contribution in [0.1, 0.15) is 25.3 Å². The van der Waals surface area contributed by atoms with E-state index in [4.69, 9.17) is 4.74 Å². The molecule has 0 aromatic heterocycles. The Labute approximate surface area is 102 Å². The number of rotatable bonds is 4. The second kappa shape index (κ2) is 5.71. The van der Waals surface area contributed by atoms with Crippen LogP contribution in [0.5, 0.6) is 0 Å². The molecule has 1 aromatic carbocycles. The summed E-state index contributed by atoms with van der Waals surface area (Å²) in [5.41, 5.74) is 2.67. The van der Waals surface area contributed by atoms with E-state index in [1.54, 1.807) is 0 Å². The molecule has 0 fully saturated rings. The molecule has 0 saturated heterocycles. The van der Waals surface area contributed by atoms with Crippen LogP contribution in [0.4, 0.5) is 5.69 Å². The molecule has 0 aliphatic carbocycles. The first-order valence-corrected chi connectivity index (χ1v) is 6.29. The van der Waals surface area contributed by atoms with Crippen molar-refractivity contribution in [3.05, 3.63) is 29.8 Å². The Morgan fingerprint density at radius 3 is 3.06 bits per heavy atom. The molecule has 1 heterocycles.